The Morgan fingerprint density at radius 3 is 2.51 bits per heavy atom. The maximum absolute atomic E-state index is 16.0. The predicted octanol–water partition coefficient (Wildman–Crippen LogP) is 1.98. The first kappa shape index (κ1) is 23.4. The van der Waals surface area contributed by atoms with Gasteiger partial charge < -0.3 is 14.2 Å². The molecule has 2 saturated heterocycles. The number of alkyl halides is 3. The van der Waals surface area contributed by atoms with E-state index in [0.29, 0.717) is 0 Å². The van der Waals surface area contributed by atoms with Gasteiger partial charge >= 0.3 is 12.2 Å². The van der Waals surface area contributed by atoms with Gasteiger partial charge in [-0.3, -0.25) is 20.2 Å². The van der Waals surface area contributed by atoms with E-state index in [2.05, 4.69) is 20.9 Å². The summed E-state index contributed by atoms with van der Waals surface area (Å²) in [5.41, 5.74) is -2.98. The average Bonchev–Trinajstić information content (AvgIpc) is 3.40. The van der Waals surface area contributed by atoms with E-state index < -0.39 is 53.1 Å². The molecule has 37 heavy (non-hydrogen) atoms. The van der Waals surface area contributed by atoms with Gasteiger partial charge in [0.2, 0.25) is 23.2 Å². The number of urea groups is 1. The molecule has 4 amide bonds. The van der Waals surface area contributed by atoms with Gasteiger partial charge in [0.25, 0.3) is 0 Å². The smallest absolute Gasteiger partial charge is 0.374 e. The van der Waals surface area contributed by atoms with Crippen molar-refractivity contribution >= 4 is 34.5 Å². The lowest BCUT2D eigenvalue weighted by atomic mass is 9.66. The number of carbonyl (C=O) groups excluding carboxylic acids is 3. The highest BCUT2D eigenvalue weighted by Gasteiger charge is 2.63. The summed E-state index contributed by atoms with van der Waals surface area (Å²) >= 11 is 0. The van der Waals surface area contributed by atoms with Crippen LogP contribution in [0.1, 0.15) is 23.9 Å². The maximum atomic E-state index is 16.0. The maximum Gasteiger partial charge on any atom is 0.435 e. The number of anilines is 1. The molecule has 0 aliphatic carbocycles. The number of amides is 4. The van der Waals surface area contributed by atoms with E-state index in [1.807, 2.05) is 0 Å². The van der Waals surface area contributed by atoms with Gasteiger partial charge in [-0.1, -0.05) is 5.16 Å². The van der Waals surface area contributed by atoms with Gasteiger partial charge in [-0.15, -0.1) is 0 Å². The van der Waals surface area contributed by atoms with Gasteiger partial charge in [-0.05, 0) is 31.5 Å². The molecule has 3 aromatic rings. The number of hydrogen-bond donors (Lipinski definition) is 2. The molecule has 6 rings (SSSR count). The molecule has 2 fully saturated rings. The van der Waals surface area contributed by atoms with Crippen LogP contribution < -0.4 is 15.5 Å². The Bertz CT molecular complexity index is 1490. The first-order chi connectivity index (χ1) is 17.4. The van der Waals surface area contributed by atoms with Crippen LogP contribution in [0.15, 0.2) is 16.7 Å². The monoisotopic (exact) mass is 522 g/mol. The highest BCUT2D eigenvalue weighted by Crippen LogP contribution is 2.49. The molecule has 0 unspecified atom stereocenters. The van der Waals surface area contributed by atoms with Crippen LogP contribution in [-0.2, 0) is 26.9 Å². The number of halogens is 4. The molecule has 1 aromatic carbocycles. The summed E-state index contributed by atoms with van der Waals surface area (Å²) in [6, 6.07) is 0.305. The zero-order chi connectivity index (χ0) is 26.4. The van der Waals surface area contributed by atoms with Crippen LogP contribution in [0, 0.1) is 18.2 Å². The Morgan fingerprint density at radius 1 is 1.16 bits per heavy atom. The van der Waals surface area contributed by atoms with E-state index in [9.17, 15) is 27.6 Å². The van der Waals surface area contributed by atoms with Crippen LogP contribution in [0.2, 0.25) is 0 Å². The standard InChI is InChI=1S/C22H18F4N6O5/c1-8-5-12(22(24,25)26)29-32(8)17-11-6-10-7-21(18(33)27-20(35)28-19(21)34)16-9(2)36-4-3-31(16)14(10)13(23)15(11)37-30-17/h5-6,9,16H,3-4,7H2,1-2H3,(H2,27,28,33,34,35)/t9-,16+/m0/s1. The van der Waals surface area contributed by atoms with Crippen molar-refractivity contribution in [2.75, 3.05) is 18.1 Å². The van der Waals surface area contributed by atoms with Crippen molar-refractivity contribution in [1.82, 2.24) is 25.6 Å². The molecule has 0 bridgehead atoms. The van der Waals surface area contributed by atoms with Gasteiger partial charge in [0.1, 0.15) is 0 Å². The van der Waals surface area contributed by atoms with Gasteiger partial charge in [0, 0.05) is 18.7 Å². The predicted molar refractivity (Wildman–Crippen MR) is 115 cm³/mol. The molecule has 0 saturated carbocycles. The number of aromatic nitrogens is 3. The molecule has 3 aliphatic rings. The Kier molecular flexibility index (Phi) is 4.74. The number of aryl methyl sites for hydroxylation is 1. The number of nitrogens with one attached hydrogen (secondary N) is 2. The van der Waals surface area contributed by atoms with Crippen molar-refractivity contribution in [3.63, 3.8) is 0 Å². The zero-order valence-electron chi connectivity index (χ0n) is 19.3. The third kappa shape index (κ3) is 3.12. The molecule has 2 atom stereocenters. The molecule has 5 heterocycles. The minimum atomic E-state index is -4.71. The number of morpholine rings is 1. The van der Waals surface area contributed by atoms with Crippen molar-refractivity contribution < 1.29 is 41.2 Å². The van der Waals surface area contributed by atoms with E-state index in [0.717, 1.165) is 10.7 Å². The first-order valence-corrected chi connectivity index (χ1v) is 11.2. The lowest BCUT2D eigenvalue weighted by Crippen LogP contribution is -2.74. The molecular formula is C22H18F4N6O5. The summed E-state index contributed by atoms with van der Waals surface area (Å²) in [6.07, 6.45) is -5.72. The topological polar surface area (TPSA) is 132 Å². The first-order valence-electron chi connectivity index (χ1n) is 11.2. The van der Waals surface area contributed by atoms with Crippen molar-refractivity contribution in [2.24, 2.45) is 5.41 Å². The van der Waals surface area contributed by atoms with Crippen molar-refractivity contribution in [2.45, 2.75) is 38.6 Å². The summed E-state index contributed by atoms with van der Waals surface area (Å²) in [7, 11) is 0. The highest BCUT2D eigenvalue weighted by atomic mass is 19.4. The van der Waals surface area contributed by atoms with Crippen LogP contribution in [0.4, 0.5) is 28.0 Å². The Balaban J connectivity index is 1.57. The van der Waals surface area contributed by atoms with Crippen molar-refractivity contribution in [1.29, 1.82) is 0 Å². The normalized spacial score (nSPS) is 23.2. The Hall–Kier alpha value is -4.01. The highest BCUT2D eigenvalue weighted by molar-refractivity contribution is 6.20. The summed E-state index contributed by atoms with van der Waals surface area (Å²) < 4.78 is 67.5. The molecule has 3 aliphatic heterocycles. The molecule has 2 aromatic heterocycles. The number of nitrogens with zero attached hydrogens (tertiary/aromatic N) is 4. The Labute approximate surface area is 204 Å². The third-order valence-corrected chi connectivity index (χ3v) is 7.14. The second kappa shape index (κ2) is 7.50. The molecule has 1 spiro atoms. The van der Waals surface area contributed by atoms with E-state index in [4.69, 9.17) is 9.26 Å². The lowest BCUT2D eigenvalue weighted by molar-refractivity contribution is -0.151. The van der Waals surface area contributed by atoms with E-state index in [1.165, 1.54) is 13.0 Å². The van der Waals surface area contributed by atoms with E-state index in [1.54, 1.807) is 11.8 Å². The fourth-order valence-corrected chi connectivity index (χ4v) is 5.63. The number of ether oxygens (including phenoxy) is 1. The second-order valence-electron chi connectivity index (χ2n) is 9.26. The summed E-state index contributed by atoms with van der Waals surface area (Å²) in [4.78, 5) is 39.8. The molecule has 2 N–H and O–H groups in total. The molecule has 194 valence electrons. The fourth-order valence-electron chi connectivity index (χ4n) is 5.63. The number of carbonyl (C=O) groups is 3. The summed E-state index contributed by atoms with van der Waals surface area (Å²) in [6.45, 7) is 3.30. The van der Waals surface area contributed by atoms with E-state index in [-0.39, 0.29) is 53.3 Å². The lowest BCUT2D eigenvalue weighted by Gasteiger charge is -2.54. The number of barbiturate groups is 1. The summed E-state index contributed by atoms with van der Waals surface area (Å²) in [5, 5.41) is 11.6. The minimum Gasteiger partial charge on any atom is -0.374 e. The minimum absolute atomic E-state index is 0.00113. The van der Waals surface area contributed by atoms with Crippen molar-refractivity contribution in [3.8, 4) is 5.82 Å². The van der Waals surface area contributed by atoms with Gasteiger partial charge in [-0.25, -0.2) is 13.9 Å². The number of rotatable bonds is 1. The largest absolute Gasteiger partial charge is 0.435 e. The Morgan fingerprint density at radius 2 is 1.86 bits per heavy atom. The van der Waals surface area contributed by atoms with Crippen LogP contribution in [0.3, 0.4) is 0 Å². The van der Waals surface area contributed by atoms with Crippen LogP contribution in [-0.4, -0.2) is 58.1 Å². The van der Waals surface area contributed by atoms with Crippen LogP contribution in [0.25, 0.3) is 16.8 Å². The number of hydrogen-bond acceptors (Lipinski definition) is 8. The molecular weight excluding hydrogens is 504 g/mol. The van der Waals surface area contributed by atoms with Gasteiger partial charge in [-0.2, -0.15) is 18.3 Å². The third-order valence-electron chi connectivity index (χ3n) is 7.14. The van der Waals surface area contributed by atoms with Crippen LogP contribution in [0.5, 0.6) is 0 Å². The number of fused-ring (bicyclic) bond motifs is 5. The van der Waals surface area contributed by atoms with Crippen molar-refractivity contribution in [3.05, 3.63) is 34.9 Å². The van der Waals surface area contributed by atoms with Gasteiger partial charge in [0.15, 0.2) is 16.9 Å². The molecule has 11 nitrogen and oxygen atoms in total. The second-order valence-corrected chi connectivity index (χ2v) is 9.26. The number of imide groups is 2. The average molecular weight is 522 g/mol. The van der Waals surface area contributed by atoms with E-state index >= 15 is 4.39 Å². The molecule has 15 heteroatoms. The SMILES string of the molecule is Cc1cc(C(F)(F)F)nn1-c1noc2c(F)c3c(cc12)CC1(C(=O)NC(=O)NC1=O)[C@H]1[C@H](C)OCCN31. The fraction of sp³-hybridized carbons (Fsp3) is 0.409. The summed E-state index contributed by atoms with van der Waals surface area (Å²) in [5.74, 6) is -2.76. The van der Waals surface area contributed by atoms with Crippen LogP contribution >= 0.6 is 0 Å². The van der Waals surface area contributed by atoms with Gasteiger partial charge in [0.05, 0.1) is 29.8 Å². The molecule has 0 radical (unpaired) electrons. The zero-order valence-corrected chi connectivity index (χ0v) is 19.3. The number of benzene rings is 1. The quantitative estimate of drug-likeness (QED) is 0.367.